The van der Waals surface area contributed by atoms with Crippen molar-refractivity contribution in [1.29, 1.82) is 0 Å². The molecule has 0 aliphatic rings. The summed E-state index contributed by atoms with van der Waals surface area (Å²) in [5.41, 5.74) is 0.443. The molecule has 0 unspecified atom stereocenters. The van der Waals surface area contributed by atoms with Crippen LogP contribution in [0.4, 0.5) is 0 Å². The van der Waals surface area contributed by atoms with E-state index in [2.05, 4.69) is 0 Å². The molecule has 0 bridgehead atoms. The third kappa shape index (κ3) is 2.19. The van der Waals surface area contributed by atoms with Crippen LogP contribution in [0.3, 0.4) is 0 Å². The molecule has 3 nitrogen and oxygen atoms in total. The van der Waals surface area contributed by atoms with Crippen LogP contribution in [0.2, 0.25) is 0 Å². The largest absolute Gasteiger partial charge is 0.493 e. The zero-order valence-corrected chi connectivity index (χ0v) is 9.37. The first kappa shape index (κ1) is 11.0. The molecule has 0 saturated heterocycles. The SMILES string of the molecule is O=c1ccoc2cccc(OCCCCl)c12. The fourth-order valence-corrected chi connectivity index (χ4v) is 1.57. The Morgan fingerprint density at radius 2 is 2.19 bits per heavy atom. The topological polar surface area (TPSA) is 39.4 Å². The average molecular weight is 239 g/mol. The molecule has 1 aromatic carbocycles. The third-order valence-corrected chi connectivity index (χ3v) is 2.45. The van der Waals surface area contributed by atoms with Crippen LogP contribution >= 0.6 is 11.6 Å². The molecule has 2 rings (SSSR count). The van der Waals surface area contributed by atoms with E-state index >= 15 is 0 Å². The lowest BCUT2D eigenvalue weighted by Crippen LogP contribution is -2.04. The summed E-state index contributed by atoms with van der Waals surface area (Å²) in [6.45, 7) is 0.497. The molecule has 0 aliphatic carbocycles. The fraction of sp³-hybridized carbons (Fsp3) is 0.250. The maximum atomic E-state index is 11.7. The van der Waals surface area contributed by atoms with Crippen molar-refractivity contribution in [3.05, 3.63) is 40.8 Å². The van der Waals surface area contributed by atoms with Gasteiger partial charge in [0.2, 0.25) is 0 Å². The number of hydrogen-bond donors (Lipinski definition) is 0. The first-order valence-electron chi connectivity index (χ1n) is 5.02. The first-order valence-corrected chi connectivity index (χ1v) is 5.55. The predicted octanol–water partition coefficient (Wildman–Crippen LogP) is 2.80. The monoisotopic (exact) mass is 238 g/mol. The Hall–Kier alpha value is -1.48. The lowest BCUT2D eigenvalue weighted by molar-refractivity contribution is 0.321. The van der Waals surface area contributed by atoms with Crippen LogP contribution in [-0.4, -0.2) is 12.5 Å². The summed E-state index contributed by atoms with van der Waals surface area (Å²) >= 11 is 5.56. The molecule has 0 N–H and O–H groups in total. The van der Waals surface area contributed by atoms with E-state index in [1.807, 2.05) is 0 Å². The van der Waals surface area contributed by atoms with Gasteiger partial charge in [-0.05, 0) is 18.6 Å². The minimum absolute atomic E-state index is 0.0947. The van der Waals surface area contributed by atoms with Gasteiger partial charge in [-0.15, -0.1) is 11.6 Å². The number of benzene rings is 1. The molecule has 0 radical (unpaired) electrons. The molecular weight excluding hydrogens is 228 g/mol. The molecule has 0 amide bonds. The minimum atomic E-state index is -0.0947. The number of rotatable bonds is 4. The average Bonchev–Trinajstić information content (AvgIpc) is 2.30. The van der Waals surface area contributed by atoms with Crippen LogP contribution in [-0.2, 0) is 0 Å². The molecule has 1 aromatic heterocycles. The van der Waals surface area contributed by atoms with Gasteiger partial charge in [0.1, 0.15) is 16.7 Å². The second-order valence-corrected chi connectivity index (χ2v) is 3.68. The Morgan fingerprint density at radius 1 is 1.31 bits per heavy atom. The second-order valence-electron chi connectivity index (χ2n) is 3.31. The molecule has 4 heteroatoms. The summed E-state index contributed by atoms with van der Waals surface area (Å²) in [7, 11) is 0. The maximum Gasteiger partial charge on any atom is 0.196 e. The van der Waals surface area contributed by atoms with Crippen LogP contribution < -0.4 is 10.2 Å². The van der Waals surface area contributed by atoms with E-state index in [1.54, 1.807) is 18.2 Å². The van der Waals surface area contributed by atoms with E-state index in [4.69, 9.17) is 20.8 Å². The van der Waals surface area contributed by atoms with Gasteiger partial charge in [-0.2, -0.15) is 0 Å². The highest BCUT2D eigenvalue weighted by Crippen LogP contribution is 2.22. The predicted molar refractivity (Wildman–Crippen MR) is 63.3 cm³/mol. The van der Waals surface area contributed by atoms with Crippen molar-refractivity contribution < 1.29 is 9.15 Å². The van der Waals surface area contributed by atoms with Crippen molar-refractivity contribution in [1.82, 2.24) is 0 Å². The molecule has 1 heterocycles. The van der Waals surface area contributed by atoms with Crippen LogP contribution in [0.5, 0.6) is 5.75 Å². The Labute approximate surface area is 97.6 Å². The van der Waals surface area contributed by atoms with E-state index in [9.17, 15) is 4.79 Å². The van der Waals surface area contributed by atoms with Gasteiger partial charge in [0.25, 0.3) is 0 Å². The molecule has 0 aliphatic heterocycles. The van der Waals surface area contributed by atoms with E-state index in [0.717, 1.165) is 6.42 Å². The van der Waals surface area contributed by atoms with Gasteiger partial charge in [0.05, 0.1) is 12.9 Å². The van der Waals surface area contributed by atoms with Gasteiger partial charge in [-0.25, -0.2) is 0 Å². The first-order chi connectivity index (χ1) is 7.83. The normalized spacial score (nSPS) is 10.6. The van der Waals surface area contributed by atoms with Crippen LogP contribution in [0.25, 0.3) is 11.0 Å². The summed E-state index contributed by atoms with van der Waals surface area (Å²) in [5, 5.41) is 0.486. The second kappa shape index (κ2) is 5.03. The Morgan fingerprint density at radius 3 is 3.00 bits per heavy atom. The van der Waals surface area contributed by atoms with E-state index in [1.165, 1.54) is 12.3 Å². The molecule has 0 atom stereocenters. The summed E-state index contributed by atoms with van der Waals surface area (Å²) in [4.78, 5) is 11.7. The number of fused-ring (bicyclic) bond motifs is 1. The fourth-order valence-electron chi connectivity index (χ4n) is 1.46. The van der Waals surface area contributed by atoms with E-state index in [-0.39, 0.29) is 5.43 Å². The van der Waals surface area contributed by atoms with Crippen molar-refractivity contribution in [3.8, 4) is 5.75 Å². The third-order valence-electron chi connectivity index (χ3n) is 2.18. The van der Waals surface area contributed by atoms with Gasteiger partial charge >= 0.3 is 0 Å². The molecule has 0 spiro atoms. The highest BCUT2D eigenvalue weighted by molar-refractivity contribution is 6.17. The molecule has 84 valence electrons. The maximum absolute atomic E-state index is 11.7. The summed E-state index contributed by atoms with van der Waals surface area (Å²) < 4.78 is 10.7. The highest BCUT2D eigenvalue weighted by atomic mass is 35.5. The zero-order valence-electron chi connectivity index (χ0n) is 8.61. The molecule has 2 aromatic rings. The van der Waals surface area contributed by atoms with E-state index < -0.39 is 0 Å². The molecule has 0 saturated carbocycles. The highest BCUT2D eigenvalue weighted by Gasteiger charge is 2.06. The summed E-state index contributed by atoms with van der Waals surface area (Å²) in [6.07, 6.45) is 2.13. The number of ether oxygens (including phenoxy) is 1. The van der Waals surface area contributed by atoms with Gasteiger partial charge in [-0.1, -0.05) is 6.07 Å². The van der Waals surface area contributed by atoms with Crippen molar-refractivity contribution in [2.75, 3.05) is 12.5 Å². The quantitative estimate of drug-likeness (QED) is 0.607. The van der Waals surface area contributed by atoms with Crippen molar-refractivity contribution in [2.45, 2.75) is 6.42 Å². The Balaban J connectivity index is 2.41. The van der Waals surface area contributed by atoms with Gasteiger partial charge < -0.3 is 9.15 Å². The number of hydrogen-bond acceptors (Lipinski definition) is 3. The summed E-state index contributed by atoms with van der Waals surface area (Å²) in [5.74, 6) is 1.09. The smallest absolute Gasteiger partial charge is 0.196 e. The van der Waals surface area contributed by atoms with Crippen LogP contribution in [0.15, 0.2) is 39.7 Å². The number of alkyl halides is 1. The summed E-state index contributed by atoms with van der Waals surface area (Å²) in [6, 6.07) is 6.68. The molecule has 16 heavy (non-hydrogen) atoms. The van der Waals surface area contributed by atoms with Crippen LogP contribution in [0, 0.1) is 0 Å². The molecular formula is C12H11ClO3. The molecule has 0 fully saturated rings. The lowest BCUT2D eigenvalue weighted by Gasteiger charge is -2.06. The minimum Gasteiger partial charge on any atom is -0.493 e. The Bertz CT molecular complexity index is 528. The van der Waals surface area contributed by atoms with Crippen LogP contribution in [0.1, 0.15) is 6.42 Å². The lowest BCUT2D eigenvalue weighted by atomic mass is 10.2. The van der Waals surface area contributed by atoms with Gasteiger partial charge in [0.15, 0.2) is 5.43 Å². The van der Waals surface area contributed by atoms with Gasteiger partial charge in [0, 0.05) is 11.9 Å². The van der Waals surface area contributed by atoms with Crippen molar-refractivity contribution in [2.24, 2.45) is 0 Å². The Kier molecular flexibility index (Phi) is 3.47. The van der Waals surface area contributed by atoms with E-state index in [0.29, 0.717) is 29.2 Å². The number of halogens is 1. The van der Waals surface area contributed by atoms with Crippen molar-refractivity contribution >= 4 is 22.6 Å². The van der Waals surface area contributed by atoms with Crippen molar-refractivity contribution in [3.63, 3.8) is 0 Å². The zero-order chi connectivity index (χ0) is 11.4. The van der Waals surface area contributed by atoms with Gasteiger partial charge in [-0.3, -0.25) is 4.79 Å². The standard InChI is InChI=1S/C12H11ClO3/c13-6-2-7-15-10-3-1-4-11-12(10)9(14)5-8-16-11/h1,3-5,8H,2,6-7H2.